The number of hydrogen-bond donors (Lipinski definition) is 0. The second-order valence-electron chi connectivity index (χ2n) is 23.2. The predicted octanol–water partition coefficient (Wildman–Crippen LogP) is 18.6. The molecule has 0 amide bonds. The molecule has 17 heteroatoms. The molecule has 480 valence electrons. The lowest BCUT2D eigenvalue weighted by Crippen LogP contribution is -2.26. The van der Waals surface area contributed by atoms with Gasteiger partial charge in [0.15, 0.2) is 44.1 Å². The summed E-state index contributed by atoms with van der Waals surface area (Å²) < 4.78 is 58.2. The molecule has 0 spiro atoms. The first-order valence-electron chi connectivity index (χ1n) is 29.4. The van der Waals surface area contributed by atoms with Crippen molar-refractivity contribution in [3.05, 3.63) is 224 Å². The third-order valence-electron chi connectivity index (χ3n) is 12.7. The van der Waals surface area contributed by atoms with E-state index in [1.807, 2.05) is 97.1 Å². The van der Waals surface area contributed by atoms with Crippen molar-refractivity contribution in [1.29, 1.82) is 0 Å². The van der Waals surface area contributed by atoms with Gasteiger partial charge in [0.05, 0.1) is 68.2 Å². The lowest BCUT2D eigenvalue weighted by molar-refractivity contribution is 0.0193. The Kier molecular flexibility index (Phi) is 25.0. The number of benzene rings is 9. The van der Waals surface area contributed by atoms with Crippen LogP contribution >= 0.6 is 0 Å². The van der Waals surface area contributed by atoms with Gasteiger partial charge >= 0.3 is 18.5 Å². The average Bonchev–Trinajstić information content (AvgIpc) is 0.889. The maximum atomic E-state index is 12.1. The molecule has 0 saturated heterocycles. The molecule has 14 nitrogen and oxygen atoms in total. The summed E-state index contributed by atoms with van der Waals surface area (Å²) >= 11 is 0. The summed E-state index contributed by atoms with van der Waals surface area (Å²) in [5.74, 6) is 5.34. The van der Waals surface area contributed by atoms with Crippen LogP contribution in [0.4, 0.5) is 14.4 Å². The quantitative estimate of drug-likeness (QED) is 0.0368. The van der Waals surface area contributed by atoms with Crippen LogP contribution in [0, 0.1) is 6.92 Å². The van der Waals surface area contributed by atoms with E-state index in [0.29, 0.717) is 17.2 Å². The van der Waals surface area contributed by atoms with Crippen LogP contribution in [0.1, 0.15) is 67.9 Å². The molecule has 0 aliphatic carbocycles. The van der Waals surface area contributed by atoms with Crippen molar-refractivity contribution in [2.45, 2.75) is 130 Å². The van der Waals surface area contributed by atoms with Crippen LogP contribution in [0.5, 0.6) is 46.0 Å². The first kappa shape index (κ1) is 70.3. The van der Waals surface area contributed by atoms with Crippen molar-refractivity contribution in [2.24, 2.45) is 0 Å². The maximum Gasteiger partial charge on any atom is 0.514 e. The van der Waals surface area contributed by atoms with Gasteiger partial charge in [-0.3, -0.25) is 0 Å². The highest BCUT2D eigenvalue weighted by molar-refractivity contribution is 7.97. The normalized spacial score (nSPS) is 11.2. The van der Waals surface area contributed by atoms with Crippen molar-refractivity contribution in [3.63, 3.8) is 0 Å². The van der Waals surface area contributed by atoms with Crippen LogP contribution in [0.15, 0.2) is 262 Å². The number of methoxy groups -OCH3 is 5. The molecule has 0 fully saturated rings. The third kappa shape index (κ3) is 21.8. The number of carbonyl (C=O) groups excluding carboxylic acids is 3. The van der Waals surface area contributed by atoms with Gasteiger partial charge in [-0.25, -0.2) is 14.4 Å². The minimum atomic E-state index is -0.791. The molecule has 9 aromatic rings. The van der Waals surface area contributed by atoms with Crippen molar-refractivity contribution >= 4 is 51.2 Å². The smallest absolute Gasteiger partial charge is 0.497 e. The van der Waals surface area contributed by atoms with E-state index in [9.17, 15) is 14.4 Å². The lowest BCUT2D eigenvalue weighted by Gasteiger charge is -2.19. The van der Waals surface area contributed by atoms with E-state index in [0.717, 1.165) is 43.4 Å². The van der Waals surface area contributed by atoms with E-state index in [2.05, 4.69) is 91.9 Å². The largest absolute Gasteiger partial charge is 0.514 e. The van der Waals surface area contributed by atoms with Crippen LogP contribution in [-0.2, 0) is 46.9 Å². The zero-order valence-electron chi connectivity index (χ0n) is 54.7. The summed E-state index contributed by atoms with van der Waals surface area (Å²) in [5, 5.41) is 0. The van der Waals surface area contributed by atoms with E-state index >= 15 is 0 Å². The van der Waals surface area contributed by atoms with Crippen LogP contribution < -0.4 is 37.9 Å². The molecule has 0 radical (unpaired) electrons. The van der Waals surface area contributed by atoms with Gasteiger partial charge < -0.3 is 52.1 Å². The SMILES string of the molecule is CC(C)(C)OC(=O)Oc1ccc([S+](c2ccc(OC(=O)OC(C)(C)C)cc2)c2ccc(OC(=O)OC(C)(C)C)cc2)cc1.COc1ccc([S+](c2ccc(C)cc2)c2ccc(OC)cc2)cc1.COc1ccc([S+](c2ccc(OC)cc2)c2ccc(OC)cc2)cc1. The Bertz CT molecular complexity index is 3410. The Hall–Kier alpha value is -9.16. The molecule has 92 heavy (non-hydrogen) atoms. The molecule has 0 bridgehead atoms. The number of ether oxygens (including phenoxy) is 11. The zero-order valence-corrected chi connectivity index (χ0v) is 57.2. The van der Waals surface area contributed by atoms with Gasteiger partial charge in [-0.2, -0.15) is 0 Å². The van der Waals surface area contributed by atoms with E-state index < -0.39 is 46.2 Å². The van der Waals surface area contributed by atoms with E-state index in [4.69, 9.17) is 52.1 Å². The molecule has 9 aromatic carbocycles. The predicted molar refractivity (Wildman–Crippen MR) is 363 cm³/mol. The Labute approximate surface area is 550 Å². The summed E-state index contributed by atoms with van der Waals surface area (Å²) in [6, 6.07) is 71.5. The standard InChI is InChI=1S/C33H39O9S.C21H21O3S.C21H21O2S/c1-31(2,3)40-28(34)37-22-10-16-25(17-11-22)43(26-18-12-23(13-19-26)38-29(35)41-32(4,5)6)27-20-14-24(15-21-27)39-30(36)42-33(7,8)9;1-22-16-4-10-19(11-5-16)25(20-12-6-17(23-2)7-13-20)21-14-8-18(24-3)9-15-21;1-16-4-10-19(11-5-16)24(20-12-6-17(22-2)7-13-20)21-14-8-18(23-3)9-15-21/h10-21H,1-9H3;4-15H,1-3H3;4-15H,1-3H3/q3*+1. The topological polar surface area (TPSA) is 153 Å². The third-order valence-corrected chi connectivity index (χ3v) is 19.4. The Balaban J connectivity index is 0.000000209. The van der Waals surface area contributed by atoms with Gasteiger partial charge in [0.25, 0.3) is 0 Å². The van der Waals surface area contributed by atoms with Gasteiger partial charge in [0, 0.05) is 0 Å². The summed E-state index contributed by atoms with van der Waals surface area (Å²) in [5.41, 5.74) is -0.765. The first-order chi connectivity index (χ1) is 43.8. The summed E-state index contributed by atoms with van der Waals surface area (Å²) in [6.07, 6.45) is -2.37. The molecule has 0 heterocycles. The Morgan fingerprint density at radius 2 is 0.380 bits per heavy atom. The molecule has 0 aliphatic rings. The first-order valence-corrected chi connectivity index (χ1v) is 33.0. The van der Waals surface area contributed by atoms with Crippen molar-refractivity contribution in [2.75, 3.05) is 35.5 Å². The number of aryl methyl sites for hydroxylation is 1. The van der Waals surface area contributed by atoms with Gasteiger partial charge in [0.1, 0.15) is 62.8 Å². The number of carbonyl (C=O) groups is 3. The summed E-state index contributed by atoms with van der Waals surface area (Å²) in [7, 11) is 7.43. The van der Waals surface area contributed by atoms with Gasteiger partial charge in [0.2, 0.25) is 0 Å². The van der Waals surface area contributed by atoms with Crippen molar-refractivity contribution in [3.8, 4) is 46.0 Å². The highest BCUT2D eigenvalue weighted by Gasteiger charge is 2.33. The maximum absolute atomic E-state index is 12.1. The van der Waals surface area contributed by atoms with Gasteiger partial charge in [-0.15, -0.1) is 0 Å². The molecular weight excluding hydrogens is 1220 g/mol. The molecule has 0 saturated carbocycles. The minimum absolute atomic E-state index is 0.155. The average molecular weight is 1300 g/mol. The molecule has 0 N–H and O–H groups in total. The number of rotatable bonds is 17. The Morgan fingerprint density at radius 3 is 0.522 bits per heavy atom. The fraction of sp³-hybridized carbons (Fsp3) is 0.240. The molecule has 9 rings (SSSR count). The van der Waals surface area contributed by atoms with E-state index in [1.165, 1.54) is 34.9 Å². The summed E-state index contributed by atoms with van der Waals surface area (Å²) in [6.45, 7) is 18.0. The molecular formula is C75H81O14S3+3. The molecule has 0 aromatic heterocycles. The fourth-order valence-electron chi connectivity index (χ4n) is 8.49. The fourth-order valence-corrected chi connectivity index (χ4v) is 14.6. The highest BCUT2D eigenvalue weighted by Crippen LogP contribution is 2.38. The van der Waals surface area contributed by atoms with Crippen molar-refractivity contribution < 1.29 is 66.5 Å². The highest BCUT2D eigenvalue weighted by atomic mass is 32.2. The van der Waals surface area contributed by atoms with Crippen LogP contribution in [0.3, 0.4) is 0 Å². The molecule has 0 aliphatic heterocycles. The summed E-state index contributed by atoms with van der Waals surface area (Å²) in [4.78, 5) is 46.7. The molecule has 0 atom stereocenters. The van der Waals surface area contributed by atoms with Crippen LogP contribution in [0.2, 0.25) is 0 Å². The Morgan fingerprint density at radius 1 is 0.239 bits per heavy atom. The van der Waals surface area contributed by atoms with Gasteiger partial charge in [-0.1, -0.05) is 17.7 Å². The van der Waals surface area contributed by atoms with Crippen LogP contribution in [-0.4, -0.2) is 70.8 Å². The minimum Gasteiger partial charge on any atom is -0.497 e. The monoisotopic (exact) mass is 1300 g/mol. The lowest BCUT2D eigenvalue weighted by atomic mass is 10.2. The van der Waals surface area contributed by atoms with Crippen molar-refractivity contribution in [1.82, 2.24) is 0 Å². The van der Waals surface area contributed by atoms with E-state index in [-0.39, 0.29) is 21.8 Å². The van der Waals surface area contributed by atoms with Crippen LogP contribution in [0.25, 0.3) is 0 Å². The molecule has 0 unspecified atom stereocenters. The zero-order chi connectivity index (χ0) is 66.6. The van der Waals surface area contributed by atoms with Gasteiger partial charge in [-0.05, 0) is 275 Å². The van der Waals surface area contributed by atoms with E-state index in [1.54, 1.807) is 134 Å². The second-order valence-corrected chi connectivity index (χ2v) is 29.3. The number of hydrogen-bond acceptors (Lipinski definition) is 14. The second kappa shape index (κ2) is 32.7.